The lowest BCUT2D eigenvalue weighted by atomic mass is 10.1. The SMILES string of the molecule is Cc1ncc(-c2ccc3nnc(CC(=O)CN4CCOCC4)cc3c2)o1. The molecule has 0 spiro atoms. The second kappa shape index (κ2) is 7.31. The van der Waals surface area contributed by atoms with Crippen molar-refractivity contribution in [2.75, 3.05) is 32.8 Å². The van der Waals surface area contributed by atoms with Gasteiger partial charge in [0.15, 0.2) is 17.4 Å². The normalized spacial score (nSPS) is 15.4. The fourth-order valence-electron chi connectivity index (χ4n) is 3.09. The van der Waals surface area contributed by atoms with E-state index in [1.54, 1.807) is 6.20 Å². The Bertz CT molecular complexity index is 931. The van der Waals surface area contributed by atoms with Crippen molar-refractivity contribution in [3.8, 4) is 11.3 Å². The molecule has 2 aromatic heterocycles. The molecule has 0 N–H and O–H groups in total. The van der Waals surface area contributed by atoms with Crippen LogP contribution in [0, 0.1) is 6.92 Å². The van der Waals surface area contributed by atoms with Gasteiger partial charge in [-0.15, -0.1) is 0 Å². The standard InChI is InChI=1S/C19H20N4O3/c1-13-20-11-19(26-13)14-2-3-18-15(8-14)9-16(21-22-18)10-17(24)12-23-4-6-25-7-5-23/h2-3,8-9,11H,4-7,10,12H2,1H3. The summed E-state index contributed by atoms with van der Waals surface area (Å²) in [6.45, 7) is 5.22. The average molecular weight is 352 g/mol. The average Bonchev–Trinajstić information content (AvgIpc) is 3.08. The number of benzene rings is 1. The molecule has 134 valence electrons. The zero-order chi connectivity index (χ0) is 17.9. The Morgan fingerprint density at radius 2 is 2.04 bits per heavy atom. The fraction of sp³-hybridized carbons (Fsp3) is 0.368. The number of nitrogens with zero attached hydrogens (tertiary/aromatic N) is 4. The van der Waals surface area contributed by atoms with Gasteiger partial charge in [-0.2, -0.15) is 10.2 Å². The van der Waals surface area contributed by atoms with Crippen LogP contribution in [0.2, 0.25) is 0 Å². The van der Waals surface area contributed by atoms with Crippen LogP contribution in [0.4, 0.5) is 0 Å². The molecule has 4 rings (SSSR count). The van der Waals surface area contributed by atoms with Crippen molar-refractivity contribution in [3.05, 3.63) is 42.0 Å². The number of ether oxygens (including phenoxy) is 1. The monoisotopic (exact) mass is 352 g/mol. The number of morpholine rings is 1. The Labute approximate surface area is 151 Å². The first kappa shape index (κ1) is 16.8. The molecule has 0 amide bonds. The lowest BCUT2D eigenvalue weighted by Gasteiger charge is -2.25. The number of carbonyl (C=O) groups excluding carboxylic acids is 1. The van der Waals surface area contributed by atoms with Crippen LogP contribution in [0.15, 0.2) is 34.9 Å². The largest absolute Gasteiger partial charge is 0.441 e. The molecule has 0 atom stereocenters. The second-order valence-electron chi connectivity index (χ2n) is 6.46. The summed E-state index contributed by atoms with van der Waals surface area (Å²) < 4.78 is 10.9. The van der Waals surface area contributed by atoms with Crippen LogP contribution in [0.3, 0.4) is 0 Å². The van der Waals surface area contributed by atoms with Crippen LogP contribution in [0.5, 0.6) is 0 Å². The van der Waals surface area contributed by atoms with Crippen LogP contribution in [-0.2, 0) is 16.0 Å². The van der Waals surface area contributed by atoms with E-state index < -0.39 is 0 Å². The third-order valence-electron chi connectivity index (χ3n) is 4.42. The van der Waals surface area contributed by atoms with Crippen molar-refractivity contribution in [1.82, 2.24) is 20.1 Å². The number of aryl methyl sites for hydroxylation is 1. The molecule has 0 unspecified atom stereocenters. The fourth-order valence-corrected chi connectivity index (χ4v) is 3.09. The van der Waals surface area contributed by atoms with Gasteiger partial charge in [0.1, 0.15) is 0 Å². The van der Waals surface area contributed by atoms with Gasteiger partial charge in [0.2, 0.25) is 0 Å². The molecule has 1 aromatic carbocycles. The van der Waals surface area contributed by atoms with Gasteiger partial charge in [0.25, 0.3) is 0 Å². The van der Waals surface area contributed by atoms with E-state index >= 15 is 0 Å². The second-order valence-corrected chi connectivity index (χ2v) is 6.46. The van der Waals surface area contributed by atoms with E-state index in [-0.39, 0.29) is 12.2 Å². The predicted molar refractivity (Wildman–Crippen MR) is 95.7 cm³/mol. The summed E-state index contributed by atoms with van der Waals surface area (Å²) in [6, 6.07) is 7.74. The molecule has 1 aliphatic heterocycles. The summed E-state index contributed by atoms with van der Waals surface area (Å²) >= 11 is 0. The number of ketones is 1. The first-order chi connectivity index (χ1) is 12.7. The van der Waals surface area contributed by atoms with Gasteiger partial charge in [-0.25, -0.2) is 4.98 Å². The van der Waals surface area contributed by atoms with Crippen molar-refractivity contribution in [2.45, 2.75) is 13.3 Å². The molecule has 0 radical (unpaired) electrons. The summed E-state index contributed by atoms with van der Waals surface area (Å²) in [4.78, 5) is 18.6. The van der Waals surface area contributed by atoms with Gasteiger partial charge in [-0.05, 0) is 24.3 Å². The Morgan fingerprint density at radius 3 is 2.81 bits per heavy atom. The van der Waals surface area contributed by atoms with E-state index in [4.69, 9.17) is 9.15 Å². The molecule has 1 saturated heterocycles. The van der Waals surface area contributed by atoms with Crippen molar-refractivity contribution in [3.63, 3.8) is 0 Å². The molecule has 3 heterocycles. The molecule has 7 nitrogen and oxygen atoms in total. The van der Waals surface area contributed by atoms with Gasteiger partial charge in [0.05, 0.1) is 43.6 Å². The number of carbonyl (C=O) groups is 1. The maximum atomic E-state index is 12.3. The molecule has 1 fully saturated rings. The quantitative estimate of drug-likeness (QED) is 0.695. The smallest absolute Gasteiger partial charge is 0.191 e. The van der Waals surface area contributed by atoms with Gasteiger partial charge < -0.3 is 9.15 Å². The molecule has 26 heavy (non-hydrogen) atoms. The first-order valence-electron chi connectivity index (χ1n) is 8.68. The molecule has 0 bridgehead atoms. The lowest BCUT2D eigenvalue weighted by Crippen LogP contribution is -2.40. The Kier molecular flexibility index (Phi) is 4.73. The van der Waals surface area contributed by atoms with Gasteiger partial charge in [-0.3, -0.25) is 9.69 Å². The van der Waals surface area contributed by atoms with Gasteiger partial charge >= 0.3 is 0 Å². The number of fused-ring (bicyclic) bond motifs is 1. The van der Waals surface area contributed by atoms with Crippen LogP contribution in [0.1, 0.15) is 11.6 Å². The summed E-state index contributed by atoms with van der Waals surface area (Å²) in [7, 11) is 0. The van der Waals surface area contributed by atoms with Crippen molar-refractivity contribution >= 4 is 16.7 Å². The van der Waals surface area contributed by atoms with Crippen molar-refractivity contribution in [2.24, 2.45) is 0 Å². The zero-order valence-electron chi connectivity index (χ0n) is 14.6. The third kappa shape index (κ3) is 3.79. The number of oxazole rings is 1. The third-order valence-corrected chi connectivity index (χ3v) is 4.42. The Hall–Kier alpha value is -2.64. The number of hydrogen-bond acceptors (Lipinski definition) is 7. The van der Waals surface area contributed by atoms with E-state index in [9.17, 15) is 4.79 Å². The molecular formula is C19H20N4O3. The van der Waals surface area contributed by atoms with Crippen molar-refractivity contribution in [1.29, 1.82) is 0 Å². The molecule has 7 heteroatoms. The predicted octanol–water partition coefficient (Wildman–Crippen LogP) is 2.04. The Balaban J connectivity index is 1.51. The maximum absolute atomic E-state index is 12.3. The number of rotatable bonds is 5. The lowest BCUT2D eigenvalue weighted by molar-refractivity contribution is -0.120. The van der Waals surface area contributed by atoms with Crippen molar-refractivity contribution < 1.29 is 13.9 Å². The van der Waals surface area contributed by atoms with Gasteiger partial charge in [0, 0.05) is 31.0 Å². The number of aromatic nitrogens is 3. The summed E-state index contributed by atoms with van der Waals surface area (Å²) in [5.41, 5.74) is 2.40. The number of hydrogen-bond donors (Lipinski definition) is 0. The minimum absolute atomic E-state index is 0.141. The van der Waals surface area contributed by atoms with Gasteiger partial charge in [-0.1, -0.05) is 0 Å². The number of Topliss-reactive ketones (excluding diaryl/α,β-unsaturated/α-hetero) is 1. The minimum atomic E-state index is 0.141. The highest BCUT2D eigenvalue weighted by Gasteiger charge is 2.15. The topological polar surface area (TPSA) is 81.4 Å². The summed E-state index contributed by atoms with van der Waals surface area (Å²) in [5, 5.41) is 9.37. The summed E-state index contributed by atoms with van der Waals surface area (Å²) in [5.74, 6) is 1.48. The van der Waals surface area contributed by atoms with Crippen LogP contribution < -0.4 is 0 Å². The van der Waals surface area contributed by atoms with Crippen LogP contribution >= 0.6 is 0 Å². The zero-order valence-corrected chi connectivity index (χ0v) is 14.6. The minimum Gasteiger partial charge on any atom is -0.441 e. The molecule has 3 aromatic rings. The van der Waals surface area contributed by atoms with E-state index in [2.05, 4.69) is 20.1 Å². The van der Waals surface area contributed by atoms with E-state index in [1.165, 1.54) is 0 Å². The van der Waals surface area contributed by atoms with E-state index in [1.807, 2.05) is 31.2 Å². The molecular weight excluding hydrogens is 332 g/mol. The van der Waals surface area contributed by atoms with Crippen LogP contribution in [-0.4, -0.2) is 58.7 Å². The highest BCUT2D eigenvalue weighted by molar-refractivity contribution is 5.86. The maximum Gasteiger partial charge on any atom is 0.191 e. The Morgan fingerprint density at radius 1 is 1.19 bits per heavy atom. The molecule has 1 aliphatic rings. The van der Waals surface area contributed by atoms with E-state index in [0.29, 0.717) is 37.1 Å². The highest BCUT2D eigenvalue weighted by Crippen LogP contribution is 2.24. The van der Waals surface area contributed by atoms with Crippen LogP contribution in [0.25, 0.3) is 22.2 Å². The first-order valence-corrected chi connectivity index (χ1v) is 8.68. The van der Waals surface area contributed by atoms with E-state index in [0.717, 1.165) is 29.6 Å². The highest BCUT2D eigenvalue weighted by atomic mass is 16.5. The molecule has 0 aliphatic carbocycles. The summed E-state index contributed by atoms with van der Waals surface area (Å²) in [6.07, 6.45) is 1.99. The molecule has 0 saturated carbocycles.